The van der Waals surface area contributed by atoms with Gasteiger partial charge in [0.2, 0.25) is 0 Å². The highest BCUT2D eigenvalue weighted by Gasteiger charge is 2.03. The molecule has 0 saturated heterocycles. The molecule has 0 atom stereocenters. The summed E-state index contributed by atoms with van der Waals surface area (Å²) in [4.78, 5) is 16.2. The van der Waals surface area contributed by atoms with Gasteiger partial charge in [0, 0.05) is 0 Å². The number of imidazole rings is 1. The van der Waals surface area contributed by atoms with Crippen LogP contribution in [0.5, 0.6) is 0 Å². The Morgan fingerprint density at radius 3 is 2.06 bits per heavy atom. The van der Waals surface area contributed by atoms with Crippen LogP contribution in [0.4, 0.5) is 0 Å². The van der Waals surface area contributed by atoms with Crippen LogP contribution >= 0.6 is 0 Å². The molecule has 92 valence electrons. The SMILES string of the molecule is C=Cc1[nH]c(=O)[nH]c1/C(C)=C\C.CC.CC. The van der Waals surface area contributed by atoms with Gasteiger partial charge in [0.25, 0.3) is 0 Å². The van der Waals surface area contributed by atoms with Crippen molar-refractivity contribution in [3.63, 3.8) is 0 Å². The van der Waals surface area contributed by atoms with Gasteiger partial charge in [0.15, 0.2) is 0 Å². The fraction of sp³-hybridized carbons (Fsp3) is 0.462. The van der Waals surface area contributed by atoms with E-state index in [1.54, 1.807) is 6.08 Å². The first kappa shape index (κ1) is 16.9. The lowest BCUT2D eigenvalue weighted by molar-refractivity contribution is 1.18. The Balaban J connectivity index is 0. The number of H-pyrrole nitrogens is 2. The fourth-order valence-electron chi connectivity index (χ4n) is 1.01. The summed E-state index contributed by atoms with van der Waals surface area (Å²) in [6.45, 7) is 15.5. The number of rotatable bonds is 2. The Bertz CT molecular complexity index is 370. The summed E-state index contributed by atoms with van der Waals surface area (Å²) in [6, 6.07) is 0. The minimum atomic E-state index is -0.193. The first-order valence-electron chi connectivity index (χ1n) is 5.77. The molecule has 1 aromatic rings. The molecule has 16 heavy (non-hydrogen) atoms. The van der Waals surface area contributed by atoms with Crippen molar-refractivity contribution >= 4 is 11.6 Å². The molecule has 0 aliphatic heterocycles. The van der Waals surface area contributed by atoms with Crippen LogP contribution in [0, 0.1) is 0 Å². The Hall–Kier alpha value is -1.51. The van der Waals surface area contributed by atoms with Gasteiger partial charge in [-0.05, 0) is 25.5 Å². The van der Waals surface area contributed by atoms with Crippen LogP contribution in [0.1, 0.15) is 52.9 Å². The summed E-state index contributed by atoms with van der Waals surface area (Å²) in [5.41, 5.74) is 2.40. The normalized spacial score (nSPS) is 9.50. The fourth-order valence-corrected chi connectivity index (χ4v) is 1.01. The Morgan fingerprint density at radius 2 is 1.69 bits per heavy atom. The molecule has 2 N–H and O–H groups in total. The largest absolute Gasteiger partial charge is 0.323 e. The van der Waals surface area contributed by atoms with Crippen LogP contribution in [-0.2, 0) is 0 Å². The second kappa shape index (κ2) is 10.0. The van der Waals surface area contributed by atoms with Gasteiger partial charge in [0.05, 0.1) is 11.4 Å². The van der Waals surface area contributed by atoms with E-state index < -0.39 is 0 Å². The predicted molar refractivity (Wildman–Crippen MR) is 73.5 cm³/mol. The van der Waals surface area contributed by atoms with Gasteiger partial charge in [-0.15, -0.1) is 0 Å². The van der Waals surface area contributed by atoms with Crippen molar-refractivity contribution in [1.82, 2.24) is 9.97 Å². The van der Waals surface area contributed by atoms with E-state index >= 15 is 0 Å². The van der Waals surface area contributed by atoms with Crippen molar-refractivity contribution in [2.45, 2.75) is 41.5 Å². The highest BCUT2D eigenvalue weighted by molar-refractivity contribution is 5.67. The van der Waals surface area contributed by atoms with Gasteiger partial charge in [-0.25, -0.2) is 4.79 Å². The molecule has 3 nitrogen and oxygen atoms in total. The third-order valence-electron chi connectivity index (χ3n) is 1.79. The van der Waals surface area contributed by atoms with E-state index in [4.69, 9.17) is 0 Å². The minimum Gasteiger partial charge on any atom is -0.306 e. The first-order chi connectivity index (χ1) is 7.69. The van der Waals surface area contributed by atoms with Crippen LogP contribution in [0.3, 0.4) is 0 Å². The minimum absolute atomic E-state index is 0.193. The Morgan fingerprint density at radius 1 is 1.19 bits per heavy atom. The maximum Gasteiger partial charge on any atom is 0.323 e. The molecule has 1 aromatic heterocycles. The van der Waals surface area contributed by atoms with Crippen molar-refractivity contribution in [1.29, 1.82) is 0 Å². The lowest BCUT2D eigenvalue weighted by atomic mass is 10.2. The molecule has 0 aromatic carbocycles. The smallest absolute Gasteiger partial charge is 0.306 e. The van der Waals surface area contributed by atoms with Crippen LogP contribution in [0.25, 0.3) is 11.6 Å². The monoisotopic (exact) mass is 224 g/mol. The highest BCUT2D eigenvalue weighted by Crippen LogP contribution is 2.13. The summed E-state index contributed by atoms with van der Waals surface area (Å²) in [5, 5.41) is 0. The lowest BCUT2D eigenvalue weighted by Gasteiger charge is -1.96. The molecule has 0 aliphatic rings. The van der Waals surface area contributed by atoms with Crippen LogP contribution in [0.15, 0.2) is 17.4 Å². The zero-order valence-electron chi connectivity index (χ0n) is 11.3. The van der Waals surface area contributed by atoms with E-state index in [0.717, 1.165) is 17.0 Å². The molecule has 1 heterocycles. The van der Waals surface area contributed by atoms with Gasteiger partial charge in [0.1, 0.15) is 0 Å². The maximum atomic E-state index is 10.9. The van der Waals surface area contributed by atoms with Crippen molar-refractivity contribution < 1.29 is 0 Å². The van der Waals surface area contributed by atoms with Crippen molar-refractivity contribution in [3.8, 4) is 0 Å². The second-order valence-electron chi connectivity index (χ2n) is 2.54. The average molecular weight is 224 g/mol. The Labute approximate surface area is 98.3 Å². The molecule has 1 rings (SSSR count). The molecule has 0 amide bonds. The highest BCUT2D eigenvalue weighted by atomic mass is 16.1. The standard InChI is InChI=1S/C9H12N2O.2C2H6/c1-4-6(3)8-7(5-2)10-9(12)11-8;2*1-2/h4-5H,2H2,1,3H3,(H2,10,11,12);2*1-2H3/b6-4-;;. The number of hydrogen-bond acceptors (Lipinski definition) is 1. The summed E-state index contributed by atoms with van der Waals surface area (Å²) in [6.07, 6.45) is 3.56. The molecule has 0 aliphatic carbocycles. The molecule has 0 radical (unpaired) electrons. The molecule has 3 heteroatoms. The van der Waals surface area contributed by atoms with Gasteiger partial charge >= 0.3 is 5.69 Å². The number of aromatic amines is 2. The van der Waals surface area contributed by atoms with Gasteiger partial charge in [-0.1, -0.05) is 40.3 Å². The number of allylic oxidation sites excluding steroid dienone is 2. The zero-order valence-corrected chi connectivity index (χ0v) is 11.3. The van der Waals surface area contributed by atoms with E-state index in [0.29, 0.717) is 0 Å². The van der Waals surface area contributed by atoms with Gasteiger partial charge < -0.3 is 9.97 Å². The van der Waals surface area contributed by atoms with E-state index in [1.165, 1.54) is 0 Å². The van der Waals surface area contributed by atoms with Gasteiger partial charge in [-0.2, -0.15) is 0 Å². The van der Waals surface area contributed by atoms with Crippen molar-refractivity contribution in [2.75, 3.05) is 0 Å². The van der Waals surface area contributed by atoms with E-state index in [1.807, 2.05) is 47.6 Å². The van der Waals surface area contributed by atoms with Crippen molar-refractivity contribution in [2.24, 2.45) is 0 Å². The number of hydrogen-bond donors (Lipinski definition) is 2. The third-order valence-corrected chi connectivity index (χ3v) is 1.79. The lowest BCUT2D eigenvalue weighted by Crippen LogP contribution is -2.00. The molecule has 0 unspecified atom stereocenters. The summed E-state index contributed by atoms with van der Waals surface area (Å²) in [7, 11) is 0. The molecule has 0 saturated carbocycles. The average Bonchev–Trinajstić information content (AvgIpc) is 2.74. The number of aromatic nitrogens is 2. The first-order valence-corrected chi connectivity index (χ1v) is 5.77. The predicted octanol–water partition coefficient (Wildman–Crippen LogP) is 3.82. The molecular formula is C13H24N2O. The van der Waals surface area contributed by atoms with E-state index in [9.17, 15) is 4.79 Å². The van der Waals surface area contributed by atoms with Crippen LogP contribution in [0.2, 0.25) is 0 Å². The molecule has 0 fully saturated rings. The van der Waals surface area contributed by atoms with Crippen LogP contribution in [-0.4, -0.2) is 9.97 Å². The molecule has 0 spiro atoms. The van der Waals surface area contributed by atoms with Crippen LogP contribution < -0.4 is 5.69 Å². The second-order valence-corrected chi connectivity index (χ2v) is 2.54. The zero-order chi connectivity index (χ0) is 13.1. The summed E-state index contributed by atoms with van der Waals surface area (Å²) in [5.74, 6) is 0. The van der Waals surface area contributed by atoms with E-state index in [-0.39, 0.29) is 5.69 Å². The van der Waals surface area contributed by atoms with Gasteiger partial charge in [-0.3, -0.25) is 0 Å². The number of nitrogens with one attached hydrogen (secondary N) is 2. The van der Waals surface area contributed by atoms with E-state index in [2.05, 4.69) is 16.5 Å². The summed E-state index contributed by atoms with van der Waals surface area (Å²) < 4.78 is 0. The topological polar surface area (TPSA) is 48.6 Å². The Kier molecular flexibility index (Phi) is 10.6. The third kappa shape index (κ3) is 4.82. The summed E-state index contributed by atoms with van der Waals surface area (Å²) >= 11 is 0. The molecular weight excluding hydrogens is 200 g/mol. The van der Waals surface area contributed by atoms with Crippen molar-refractivity contribution in [3.05, 3.63) is 34.5 Å². The molecule has 0 bridgehead atoms. The quantitative estimate of drug-likeness (QED) is 0.788. The maximum absolute atomic E-state index is 10.9.